The zero-order valence-corrected chi connectivity index (χ0v) is 13.6. The van der Waals surface area contributed by atoms with Gasteiger partial charge in [-0.25, -0.2) is 8.42 Å². The second kappa shape index (κ2) is 5.99. The first-order valence-electron chi connectivity index (χ1n) is 6.08. The van der Waals surface area contributed by atoms with E-state index in [2.05, 4.69) is 26.0 Å². The maximum atomic E-state index is 12.1. The molecule has 0 saturated heterocycles. The summed E-state index contributed by atoms with van der Waals surface area (Å²) in [7, 11) is -3.39. The van der Waals surface area contributed by atoms with Crippen molar-refractivity contribution in [3.8, 4) is 0 Å². The van der Waals surface area contributed by atoms with Gasteiger partial charge in [-0.1, -0.05) is 11.6 Å². The van der Waals surface area contributed by atoms with E-state index >= 15 is 0 Å². The molecule has 2 N–H and O–H groups in total. The summed E-state index contributed by atoms with van der Waals surface area (Å²) in [5.41, 5.74) is 0.509. The number of anilines is 1. The van der Waals surface area contributed by atoms with Crippen molar-refractivity contribution in [3.63, 3.8) is 0 Å². The van der Waals surface area contributed by atoms with Crippen molar-refractivity contribution in [3.05, 3.63) is 27.7 Å². The number of hydrogen-bond acceptors (Lipinski definition) is 3. The first-order valence-corrected chi connectivity index (χ1v) is 8.80. The average Bonchev–Trinajstić information content (AvgIpc) is 3.14. The second-order valence-electron chi connectivity index (χ2n) is 4.77. The molecule has 1 aromatic rings. The monoisotopic (exact) mass is 366 g/mol. The first-order chi connectivity index (χ1) is 8.88. The molecule has 106 valence electrons. The Bertz CT molecular complexity index is 561. The van der Waals surface area contributed by atoms with E-state index in [9.17, 15) is 8.42 Å². The van der Waals surface area contributed by atoms with Crippen molar-refractivity contribution in [2.45, 2.75) is 31.1 Å². The standard InChI is InChI=1S/C12H16BrClN2O2S/c1-8(7-15-9-2-3-9)19(17,18)16-10-4-5-12(14)11(13)6-10/h4-6,8-9,15-16H,2-3,7H2,1H3. The molecule has 1 atom stereocenters. The Kier molecular flexibility index (Phi) is 4.76. The van der Waals surface area contributed by atoms with E-state index < -0.39 is 15.3 Å². The third-order valence-corrected chi connectivity index (χ3v) is 5.94. The molecular formula is C12H16BrClN2O2S. The molecular weight excluding hydrogens is 352 g/mol. The fraction of sp³-hybridized carbons (Fsp3) is 0.500. The molecule has 1 aliphatic carbocycles. The van der Waals surface area contributed by atoms with Gasteiger partial charge in [-0.05, 0) is 53.9 Å². The Morgan fingerprint density at radius 2 is 2.16 bits per heavy atom. The van der Waals surface area contributed by atoms with Gasteiger partial charge in [0.15, 0.2) is 0 Å². The van der Waals surface area contributed by atoms with Crippen LogP contribution in [0.4, 0.5) is 5.69 Å². The van der Waals surface area contributed by atoms with E-state index in [1.807, 2.05) is 0 Å². The highest BCUT2D eigenvalue weighted by Gasteiger charge is 2.25. The molecule has 0 bridgehead atoms. The number of benzene rings is 1. The minimum atomic E-state index is -3.39. The Morgan fingerprint density at radius 3 is 2.74 bits per heavy atom. The molecule has 1 fully saturated rings. The topological polar surface area (TPSA) is 58.2 Å². The third kappa shape index (κ3) is 4.34. The molecule has 7 heteroatoms. The van der Waals surface area contributed by atoms with Gasteiger partial charge in [0.05, 0.1) is 10.3 Å². The van der Waals surface area contributed by atoms with E-state index in [0.29, 0.717) is 27.8 Å². The Labute approximate surface area is 127 Å². The van der Waals surface area contributed by atoms with Gasteiger partial charge in [0.1, 0.15) is 0 Å². The lowest BCUT2D eigenvalue weighted by molar-refractivity contribution is 0.576. The molecule has 2 rings (SSSR count). The van der Waals surface area contributed by atoms with Crippen molar-refractivity contribution >= 4 is 43.2 Å². The molecule has 0 radical (unpaired) electrons. The zero-order valence-electron chi connectivity index (χ0n) is 10.5. The van der Waals surface area contributed by atoms with Crippen LogP contribution in [0.25, 0.3) is 0 Å². The summed E-state index contributed by atoms with van der Waals surface area (Å²) < 4.78 is 27.5. The van der Waals surface area contributed by atoms with Crippen LogP contribution in [0, 0.1) is 0 Å². The number of hydrogen-bond donors (Lipinski definition) is 2. The lowest BCUT2D eigenvalue weighted by Gasteiger charge is -2.15. The number of halogens is 2. The molecule has 1 saturated carbocycles. The van der Waals surface area contributed by atoms with Gasteiger partial charge in [-0.3, -0.25) is 4.72 Å². The smallest absolute Gasteiger partial charge is 0.236 e. The lowest BCUT2D eigenvalue weighted by atomic mass is 10.3. The molecule has 1 unspecified atom stereocenters. The summed E-state index contributed by atoms with van der Waals surface area (Å²) in [6, 6.07) is 5.45. The van der Waals surface area contributed by atoms with Crippen molar-refractivity contribution in [1.29, 1.82) is 0 Å². The van der Waals surface area contributed by atoms with Gasteiger partial charge in [0, 0.05) is 22.7 Å². The van der Waals surface area contributed by atoms with Crippen LogP contribution in [0.1, 0.15) is 19.8 Å². The number of sulfonamides is 1. The molecule has 0 aliphatic heterocycles. The normalized spacial score (nSPS) is 17.2. The minimum Gasteiger partial charge on any atom is -0.313 e. The molecule has 1 aliphatic rings. The van der Waals surface area contributed by atoms with Crippen LogP contribution in [-0.2, 0) is 10.0 Å². The zero-order chi connectivity index (χ0) is 14.0. The molecule has 0 amide bonds. The van der Waals surface area contributed by atoms with Crippen LogP contribution in [0.15, 0.2) is 22.7 Å². The average molecular weight is 368 g/mol. The van der Waals surface area contributed by atoms with Crippen LogP contribution in [0.5, 0.6) is 0 Å². The quantitative estimate of drug-likeness (QED) is 0.812. The van der Waals surface area contributed by atoms with E-state index in [1.54, 1.807) is 25.1 Å². The Morgan fingerprint density at radius 1 is 1.47 bits per heavy atom. The van der Waals surface area contributed by atoms with Crippen LogP contribution in [0.2, 0.25) is 5.02 Å². The molecule has 1 aromatic carbocycles. The van der Waals surface area contributed by atoms with Gasteiger partial charge >= 0.3 is 0 Å². The predicted molar refractivity (Wildman–Crippen MR) is 82.2 cm³/mol. The largest absolute Gasteiger partial charge is 0.313 e. The summed E-state index contributed by atoms with van der Waals surface area (Å²) in [5, 5.41) is 3.28. The number of rotatable bonds is 6. The van der Waals surface area contributed by atoms with Crippen LogP contribution in [-0.4, -0.2) is 26.3 Å². The van der Waals surface area contributed by atoms with Gasteiger partial charge in [-0.15, -0.1) is 0 Å². The van der Waals surface area contributed by atoms with Gasteiger partial charge in [0.2, 0.25) is 10.0 Å². The minimum absolute atomic E-state index is 0.467. The highest BCUT2D eigenvalue weighted by molar-refractivity contribution is 9.10. The third-order valence-electron chi connectivity index (χ3n) is 2.98. The SMILES string of the molecule is CC(CNC1CC1)S(=O)(=O)Nc1ccc(Cl)c(Br)c1. The van der Waals surface area contributed by atoms with Crippen molar-refractivity contribution in [1.82, 2.24) is 5.32 Å². The van der Waals surface area contributed by atoms with Crippen molar-refractivity contribution in [2.24, 2.45) is 0 Å². The van der Waals surface area contributed by atoms with Gasteiger partial charge in [-0.2, -0.15) is 0 Å². The number of nitrogens with one attached hydrogen (secondary N) is 2. The van der Waals surface area contributed by atoms with E-state index in [0.717, 1.165) is 12.8 Å². The van der Waals surface area contributed by atoms with Gasteiger partial charge < -0.3 is 5.32 Å². The summed E-state index contributed by atoms with van der Waals surface area (Å²) in [5.74, 6) is 0. The van der Waals surface area contributed by atoms with Crippen LogP contribution in [0.3, 0.4) is 0 Å². The summed E-state index contributed by atoms with van der Waals surface area (Å²) in [6.45, 7) is 2.16. The lowest BCUT2D eigenvalue weighted by Crippen LogP contribution is -2.35. The second-order valence-corrected chi connectivity index (χ2v) is 8.13. The van der Waals surface area contributed by atoms with Crippen LogP contribution < -0.4 is 10.0 Å². The predicted octanol–water partition coefficient (Wildman–Crippen LogP) is 2.98. The highest BCUT2D eigenvalue weighted by Crippen LogP contribution is 2.26. The van der Waals surface area contributed by atoms with Crippen molar-refractivity contribution in [2.75, 3.05) is 11.3 Å². The first kappa shape index (κ1) is 15.1. The maximum Gasteiger partial charge on any atom is 0.236 e. The van der Waals surface area contributed by atoms with E-state index in [-0.39, 0.29) is 0 Å². The Hall–Kier alpha value is -0.300. The van der Waals surface area contributed by atoms with E-state index in [1.165, 1.54) is 0 Å². The Balaban J connectivity index is 2.00. The molecule has 4 nitrogen and oxygen atoms in total. The molecule has 19 heavy (non-hydrogen) atoms. The maximum absolute atomic E-state index is 12.1. The molecule has 0 aromatic heterocycles. The fourth-order valence-electron chi connectivity index (χ4n) is 1.55. The summed E-state index contributed by atoms with van der Waals surface area (Å²) >= 11 is 9.14. The highest BCUT2D eigenvalue weighted by atomic mass is 79.9. The molecule has 0 spiro atoms. The van der Waals surface area contributed by atoms with Crippen molar-refractivity contribution < 1.29 is 8.42 Å². The van der Waals surface area contributed by atoms with Gasteiger partial charge in [0.25, 0.3) is 0 Å². The van der Waals surface area contributed by atoms with Crippen LogP contribution >= 0.6 is 27.5 Å². The molecule has 0 heterocycles. The van der Waals surface area contributed by atoms with E-state index in [4.69, 9.17) is 11.6 Å². The summed E-state index contributed by atoms with van der Waals surface area (Å²) in [6.07, 6.45) is 2.29. The fourth-order valence-corrected chi connectivity index (χ4v) is 3.02. The summed E-state index contributed by atoms with van der Waals surface area (Å²) in [4.78, 5) is 0.